The highest BCUT2D eigenvalue weighted by Crippen LogP contribution is 2.39. The molecule has 4 rings (SSSR count). The molecule has 30 heavy (non-hydrogen) atoms. The van der Waals surface area contributed by atoms with E-state index in [-0.39, 0.29) is 33.7 Å². The molecule has 0 saturated heterocycles. The van der Waals surface area contributed by atoms with Gasteiger partial charge in [0, 0.05) is 11.1 Å². The Morgan fingerprint density at radius 2 is 1.07 bits per heavy atom. The maximum absolute atomic E-state index is 14.8. The van der Waals surface area contributed by atoms with Crippen LogP contribution in [0.25, 0.3) is 11.4 Å². The first-order valence-corrected chi connectivity index (χ1v) is 9.97. The Hall–Kier alpha value is -3.28. The van der Waals surface area contributed by atoms with Gasteiger partial charge in [0.1, 0.15) is 11.6 Å². The number of fused-ring (bicyclic) bond motifs is 1. The second kappa shape index (κ2) is 7.20. The molecule has 2 heterocycles. The van der Waals surface area contributed by atoms with Crippen molar-refractivity contribution in [1.29, 1.82) is 0 Å². The fourth-order valence-electron chi connectivity index (χ4n) is 4.18. The maximum Gasteiger partial charge on any atom is 0.258 e. The molecule has 154 valence electrons. The average molecular weight is 408 g/mol. The van der Waals surface area contributed by atoms with Crippen molar-refractivity contribution >= 4 is 23.2 Å². The number of carbonyl (C=O) groups is 2. The number of carbonyl (C=O) groups excluding carboxylic acids is 2. The quantitative estimate of drug-likeness (QED) is 0.801. The summed E-state index contributed by atoms with van der Waals surface area (Å²) in [7, 11) is 0. The summed E-state index contributed by atoms with van der Waals surface area (Å²) < 4.78 is 29.6. The average Bonchev–Trinajstić information content (AvgIpc) is 3.23. The van der Waals surface area contributed by atoms with Crippen LogP contribution in [0, 0.1) is 25.5 Å². The molecule has 0 fully saturated rings. The van der Waals surface area contributed by atoms with E-state index in [1.54, 1.807) is 12.1 Å². The predicted molar refractivity (Wildman–Crippen MR) is 111 cm³/mol. The minimum Gasteiger partial charge on any atom is -0.320 e. The number of hydrogen-bond donors (Lipinski definition) is 2. The van der Waals surface area contributed by atoms with Crippen LogP contribution in [0.1, 0.15) is 47.2 Å². The van der Waals surface area contributed by atoms with E-state index in [1.165, 1.54) is 12.1 Å². The lowest BCUT2D eigenvalue weighted by molar-refractivity contribution is -0.117. The molecule has 0 aliphatic carbocycles. The van der Waals surface area contributed by atoms with Crippen LogP contribution >= 0.6 is 0 Å². The lowest BCUT2D eigenvalue weighted by Gasteiger charge is -2.12. The molecule has 0 saturated carbocycles. The number of rotatable bonds is 4. The molecule has 2 aromatic rings. The van der Waals surface area contributed by atoms with E-state index < -0.39 is 23.4 Å². The zero-order valence-electron chi connectivity index (χ0n) is 17.3. The topological polar surface area (TPSA) is 58.2 Å². The van der Waals surface area contributed by atoms with Crippen molar-refractivity contribution in [1.82, 2.24) is 10.6 Å². The fraction of sp³-hybridized carbons (Fsp3) is 0.250. The van der Waals surface area contributed by atoms with Crippen LogP contribution < -0.4 is 10.6 Å². The van der Waals surface area contributed by atoms with Gasteiger partial charge in [-0.3, -0.25) is 9.59 Å². The van der Waals surface area contributed by atoms with Gasteiger partial charge in [0.15, 0.2) is 0 Å². The summed E-state index contributed by atoms with van der Waals surface area (Å²) in [6.07, 6.45) is 1.34. The largest absolute Gasteiger partial charge is 0.320 e. The molecule has 0 aromatic heterocycles. The molecule has 6 heteroatoms. The molecule has 2 aliphatic rings. The van der Waals surface area contributed by atoms with E-state index in [9.17, 15) is 18.4 Å². The summed E-state index contributed by atoms with van der Waals surface area (Å²) in [5.74, 6) is -2.14. The predicted octanol–water partition coefficient (Wildman–Crippen LogP) is 4.09. The van der Waals surface area contributed by atoms with Crippen molar-refractivity contribution in [3.63, 3.8) is 0 Å². The standard InChI is InChI=1S/C24H22F2N2O2/c1-5-13-9-17(25)15(7-11(13)3)21-19-20(24(30)27-21)22(28-23(19)29)16-8-12(4)14(6-2)10-18(16)26/h7-10H,5-6H2,1-4H3,(H,27,30)(H,28,29). The van der Waals surface area contributed by atoms with Crippen LogP contribution in [-0.4, -0.2) is 11.8 Å². The van der Waals surface area contributed by atoms with Gasteiger partial charge in [0.2, 0.25) is 0 Å². The Morgan fingerprint density at radius 3 is 1.40 bits per heavy atom. The van der Waals surface area contributed by atoms with Gasteiger partial charge in [0.05, 0.1) is 22.5 Å². The molecular formula is C24H22F2N2O2. The first-order chi connectivity index (χ1) is 14.3. The van der Waals surface area contributed by atoms with Crippen molar-refractivity contribution < 1.29 is 18.4 Å². The van der Waals surface area contributed by atoms with E-state index in [0.29, 0.717) is 12.8 Å². The molecule has 0 bridgehead atoms. The molecule has 0 spiro atoms. The minimum absolute atomic E-state index is 0.0502. The summed E-state index contributed by atoms with van der Waals surface area (Å²) in [6, 6.07) is 6.11. The highest BCUT2D eigenvalue weighted by molar-refractivity contribution is 6.30. The molecule has 2 amide bonds. The Morgan fingerprint density at radius 1 is 0.700 bits per heavy atom. The van der Waals surface area contributed by atoms with Gasteiger partial charge < -0.3 is 10.6 Å². The van der Waals surface area contributed by atoms with Crippen LogP contribution in [-0.2, 0) is 22.4 Å². The number of nitrogens with one attached hydrogen (secondary N) is 2. The zero-order chi connectivity index (χ0) is 21.7. The molecule has 4 nitrogen and oxygen atoms in total. The normalized spacial score (nSPS) is 15.7. The van der Waals surface area contributed by atoms with Gasteiger partial charge in [-0.2, -0.15) is 0 Å². The smallest absolute Gasteiger partial charge is 0.258 e. The lowest BCUT2D eigenvalue weighted by atomic mass is 9.96. The highest BCUT2D eigenvalue weighted by atomic mass is 19.1. The second-order valence-electron chi connectivity index (χ2n) is 7.63. The zero-order valence-corrected chi connectivity index (χ0v) is 17.3. The van der Waals surface area contributed by atoms with Crippen LogP contribution in [0.5, 0.6) is 0 Å². The maximum atomic E-state index is 14.8. The third kappa shape index (κ3) is 2.95. The number of hydrogen-bond acceptors (Lipinski definition) is 2. The molecule has 2 N–H and O–H groups in total. The Bertz CT molecular complexity index is 1100. The first kappa shape index (κ1) is 20.0. The van der Waals surface area contributed by atoms with E-state index in [2.05, 4.69) is 10.6 Å². The van der Waals surface area contributed by atoms with E-state index in [4.69, 9.17) is 0 Å². The summed E-state index contributed by atoms with van der Waals surface area (Å²) in [5.41, 5.74) is 4.08. The highest BCUT2D eigenvalue weighted by Gasteiger charge is 2.42. The Labute approximate surface area is 173 Å². The van der Waals surface area contributed by atoms with Crippen LogP contribution in [0.3, 0.4) is 0 Å². The Kier molecular flexibility index (Phi) is 4.80. The van der Waals surface area contributed by atoms with Crippen LogP contribution in [0.4, 0.5) is 8.78 Å². The molecule has 0 unspecified atom stereocenters. The third-order valence-electron chi connectivity index (χ3n) is 5.83. The second-order valence-corrected chi connectivity index (χ2v) is 7.63. The first-order valence-electron chi connectivity index (χ1n) is 9.97. The van der Waals surface area contributed by atoms with E-state index in [0.717, 1.165) is 22.3 Å². The summed E-state index contributed by atoms with van der Waals surface area (Å²) in [4.78, 5) is 25.5. The SMILES string of the molecule is CCc1cc(F)c(C2=C3C(=O)NC(c4cc(C)c(CC)cc4F)=C3C(=O)N2)cc1C. The third-order valence-corrected chi connectivity index (χ3v) is 5.83. The summed E-state index contributed by atoms with van der Waals surface area (Å²) >= 11 is 0. The van der Waals surface area contributed by atoms with Crippen molar-refractivity contribution in [3.05, 3.63) is 80.4 Å². The molecular weight excluding hydrogens is 386 g/mol. The molecule has 0 atom stereocenters. The van der Waals surface area contributed by atoms with Gasteiger partial charge in [-0.25, -0.2) is 8.78 Å². The summed E-state index contributed by atoms with van der Waals surface area (Å²) in [5, 5.41) is 5.25. The molecule has 2 aliphatic heterocycles. The van der Waals surface area contributed by atoms with Gasteiger partial charge in [-0.05, 0) is 73.2 Å². The van der Waals surface area contributed by atoms with Crippen LogP contribution in [0.2, 0.25) is 0 Å². The van der Waals surface area contributed by atoms with Crippen molar-refractivity contribution in [2.45, 2.75) is 40.5 Å². The molecule has 2 aromatic carbocycles. The van der Waals surface area contributed by atoms with Gasteiger partial charge >= 0.3 is 0 Å². The number of benzene rings is 2. The van der Waals surface area contributed by atoms with Crippen molar-refractivity contribution in [3.8, 4) is 0 Å². The number of halogens is 2. The minimum atomic E-state index is -0.554. The van der Waals surface area contributed by atoms with Gasteiger partial charge in [0.25, 0.3) is 11.8 Å². The number of aryl methyl sites for hydroxylation is 4. The Balaban J connectivity index is 1.92. The fourth-order valence-corrected chi connectivity index (χ4v) is 4.18. The van der Waals surface area contributed by atoms with Crippen molar-refractivity contribution in [2.75, 3.05) is 0 Å². The summed E-state index contributed by atoms with van der Waals surface area (Å²) in [6.45, 7) is 7.57. The van der Waals surface area contributed by atoms with Crippen molar-refractivity contribution in [2.24, 2.45) is 0 Å². The van der Waals surface area contributed by atoms with Gasteiger partial charge in [-0.1, -0.05) is 13.8 Å². The van der Waals surface area contributed by atoms with Crippen LogP contribution in [0.15, 0.2) is 35.4 Å². The monoisotopic (exact) mass is 408 g/mol. The lowest BCUT2D eigenvalue weighted by Crippen LogP contribution is -2.22. The van der Waals surface area contributed by atoms with E-state index >= 15 is 0 Å². The molecule has 0 radical (unpaired) electrons. The van der Waals surface area contributed by atoms with Gasteiger partial charge in [-0.15, -0.1) is 0 Å². The van der Waals surface area contributed by atoms with E-state index in [1.807, 2.05) is 27.7 Å². The number of amides is 2.